The van der Waals surface area contributed by atoms with E-state index in [1.165, 1.54) is 11.9 Å². The monoisotopic (exact) mass is 341 g/mol. The molecule has 7 heteroatoms. The summed E-state index contributed by atoms with van der Waals surface area (Å²) >= 11 is 0. The van der Waals surface area contributed by atoms with Gasteiger partial charge in [-0.25, -0.2) is 9.78 Å². The number of carbonyl (C=O) groups is 1. The van der Waals surface area contributed by atoms with Crippen LogP contribution >= 0.6 is 0 Å². The summed E-state index contributed by atoms with van der Waals surface area (Å²) < 4.78 is 7.43. The van der Waals surface area contributed by atoms with E-state index in [1.54, 1.807) is 11.0 Å². The molecule has 2 aromatic rings. The number of carbonyl (C=O) groups excluding carboxylic acids is 1. The second-order valence-corrected chi connectivity index (χ2v) is 6.65. The standard InChI is InChI=1S/C18H23N5O2/c24-18(20-7-8-22-13-19-12-21-22)23-10-15(14-4-2-1-3-5-14)16-11-25-9-6-17(16)23/h1-5,12-13,15-17H,6-11H2,(H,20,24)/t15-,16-,17+/m1/s1. The minimum Gasteiger partial charge on any atom is -0.381 e. The lowest BCUT2D eigenvalue weighted by Crippen LogP contribution is -2.47. The third-order valence-corrected chi connectivity index (χ3v) is 5.25. The smallest absolute Gasteiger partial charge is 0.317 e. The number of benzene rings is 1. The SMILES string of the molecule is O=C(NCCn1cncn1)N1C[C@H](c2ccccc2)[C@H]2COCC[C@@H]21. The topological polar surface area (TPSA) is 72.3 Å². The summed E-state index contributed by atoms with van der Waals surface area (Å²) in [5.74, 6) is 0.713. The molecule has 2 aliphatic rings. The normalized spacial score (nSPS) is 25.6. The molecule has 0 unspecified atom stereocenters. The lowest BCUT2D eigenvalue weighted by molar-refractivity contribution is 0.0261. The van der Waals surface area contributed by atoms with Gasteiger partial charge in [0.05, 0.1) is 13.2 Å². The number of ether oxygens (including phenoxy) is 1. The van der Waals surface area contributed by atoms with Crippen molar-refractivity contribution < 1.29 is 9.53 Å². The van der Waals surface area contributed by atoms with Crippen molar-refractivity contribution in [3.63, 3.8) is 0 Å². The minimum atomic E-state index is 0.00967. The van der Waals surface area contributed by atoms with Gasteiger partial charge in [0.2, 0.25) is 0 Å². The van der Waals surface area contributed by atoms with Crippen LogP contribution in [0.4, 0.5) is 4.79 Å². The van der Waals surface area contributed by atoms with Gasteiger partial charge in [-0.05, 0) is 12.0 Å². The van der Waals surface area contributed by atoms with Crippen LogP contribution in [0.1, 0.15) is 17.9 Å². The number of urea groups is 1. The van der Waals surface area contributed by atoms with Crippen molar-refractivity contribution in [3.05, 3.63) is 48.5 Å². The van der Waals surface area contributed by atoms with E-state index < -0.39 is 0 Å². The molecule has 4 rings (SSSR count). The van der Waals surface area contributed by atoms with Crippen molar-refractivity contribution in [2.45, 2.75) is 24.9 Å². The van der Waals surface area contributed by atoms with E-state index in [4.69, 9.17) is 4.74 Å². The number of rotatable bonds is 4. The van der Waals surface area contributed by atoms with Crippen LogP contribution in [0.25, 0.3) is 0 Å². The van der Waals surface area contributed by atoms with Crippen LogP contribution in [-0.4, -0.2) is 58.0 Å². The van der Waals surface area contributed by atoms with Crippen LogP contribution in [0.3, 0.4) is 0 Å². The second-order valence-electron chi connectivity index (χ2n) is 6.65. The number of hydrogen-bond donors (Lipinski definition) is 1. The van der Waals surface area contributed by atoms with E-state index in [9.17, 15) is 4.79 Å². The Kier molecular flexibility index (Phi) is 4.65. The molecule has 7 nitrogen and oxygen atoms in total. The summed E-state index contributed by atoms with van der Waals surface area (Å²) in [6.07, 6.45) is 4.06. The zero-order chi connectivity index (χ0) is 17.1. The quantitative estimate of drug-likeness (QED) is 0.915. The number of fused-ring (bicyclic) bond motifs is 1. The van der Waals surface area contributed by atoms with Crippen LogP contribution in [0.2, 0.25) is 0 Å². The third-order valence-electron chi connectivity index (χ3n) is 5.25. The van der Waals surface area contributed by atoms with E-state index in [2.05, 4.69) is 39.7 Å². The van der Waals surface area contributed by atoms with Gasteiger partial charge >= 0.3 is 6.03 Å². The fraction of sp³-hybridized carbons (Fsp3) is 0.500. The molecule has 2 saturated heterocycles. The van der Waals surface area contributed by atoms with E-state index in [0.717, 1.165) is 26.2 Å². The zero-order valence-electron chi connectivity index (χ0n) is 14.1. The number of nitrogens with zero attached hydrogens (tertiary/aromatic N) is 4. The van der Waals surface area contributed by atoms with Gasteiger partial charge in [0.15, 0.2) is 0 Å². The summed E-state index contributed by atoms with van der Waals surface area (Å²) in [6, 6.07) is 10.7. The van der Waals surface area contributed by atoms with E-state index in [0.29, 0.717) is 24.9 Å². The summed E-state index contributed by atoms with van der Waals surface area (Å²) in [4.78, 5) is 18.7. The first kappa shape index (κ1) is 16.1. The molecule has 1 aromatic carbocycles. The highest BCUT2D eigenvalue weighted by Crippen LogP contribution is 2.40. The van der Waals surface area contributed by atoms with Gasteiger partial charge < -0.3 is 15.0 Å². The van der Waals surface area contributed by atoms with Crippen LogP contribution < -0.4 is 5.32 Å². The van der Waals surface area contributed by atoms with Crippen molar-refractivity contribution in [1.82, 2.24) is 25.0 Å². The van der Waals surface area contributed by atoms with E-state index in [-0.39, 0.29) is 12.1 Å². The Balaban J connectivity index is 1.42. The molecule has 132 valence electrons. The number of amides is 2. The van der Waals surface area contributed by atoms with Gasteiger partial charge in [0, 0.05) is 37.6 Å². The van der Waals surface area contributed by atoms with Gasteiger partial charge in [-0.3, -0.25) is 4.68 Å². The first-order chi connectivity index (χ1) is 12.3. The van der Waals surface area contributed by atoms with Crippen LogP contribution in [0, 0.1) is 5.92 Å². The number of aromatic nitrogens is 3. The summed E-state index contributed by atoms with van der Waals surface area (Å²) in [6.45, 7) is 3.37. The average Bonchev–Trinajstić information content (AvgIpc) is 3.30. The number of hydrogen-bond acceptors (Lipinski definition) is 4. The minimum absolute atomic E-state index is 0.00967. The van der Waals surface area contributed by atoms with Gasteiger partial charge in [0.25, 0.3) is 0 Å². The van der Waals surface area contributed by atoms with Gasteiger partial charge in [0.1, 0.15) is 12.7 Å². The van der Waals surface area contributed by atoms with E-state index in [1.807, 2.05) is 11.0 Å². The van der Waals surface area contributed by atoms with Crippen molar-refractivity contribution in [3.8, 4) is 0 Å². The van der Waals surface area contributed by atoms with Gasteiger partial charge in [-0.1, -0.05) is 30.3 Å². The molecule has 1 N–H and O–H groups in total. The Labute approximate surface area is 147 Å². The Bertz CT molecular complexity index is 691. The summed E-state index contributed by atoms with van der Waals surface area (Å²) in [7, 11) is 0. The van der Waals surface area contributed by atoms with Crippen LogP contribution in [-0.2, 0) is 11.3 Å². The lowest BCUT2D eigenvalue weighted by Gasteiger charge is -2.32. The molecule has 0 bridgehead atoms. The highest BCUT2D eigenvalue weighted by molar-refractivity contribution is 5.75. The first-order valence-corrected chi connectivity index (χ1v) is 8.82. The fourth-order valence-electron chi connectivity index (χ4n) is 4.02. The molecule has 1 aromatic heterocycles. The zero-order valence-corrected chi connectivity index (χ0v) is 14.1. The second kappa shape index (κ2) is 7.23. The Morgan fingerprint density at radius 3 is 3.00 bits per heavy atom. The molecule has 0 saturated carbocycles. The van der Waals surface area contributed by atoms with Crippen molar-refractivity contribution in [2.24, 2.45) is 5.92 Å². The molecule has 0 radical (unpaired) electrons. The maximum absolute atomic E-state index is 12.7. The molecule has 3 atom stereocenters. The molecular weight excluding hydrogens is 318 g/mol. The molecule has 0 spiro atoms. The highest BCUT2D eigenvalue weighted by Gasteiger charge is 2.45. The fourth-order valence-corrected chi connectivity index (χ4v) is 4.02. The van der Waals surface area contributed by atoms with Crippen molar-refractivity contribution >= 4 is 6.03 Å². The van der Waals surface area contributed by atoms with Gasteiger partial charge in [-0.15, -0.1) is 0 Å². The lowest BCUT2D eigenvalue weighted by atomic mass is 9.84. The molecule has 2 fully saturated rings. The Morgan fingerprint density at radius 2 is 2.20 bits per heavy atom. The van der Waals surface area contributed by atoms with Gasteiger partial charge in [-0.2, -0.15) is 5.10 Å². The molecule has 0 aliphatic carbocycles. The summed E-state index contributed by atoms with van der Waals surface area (Å²) in [5, 5.41) is 7.08. The summed E-state index contributed by atoms with van der Waals surface area (Å²) in [5.41, 5.74) is 1.29. The van der Waals surface area contributed by atoms with Crippen LogP contribution in [0.5, 0.6) is 0 Å². The van der Waals surface area contributed by atoms with Crippen molar-refractivity contribution in [2.75, 3.05) is 26.3 Å². The molecule has 3 heterocycles. The maximum atomic E-state index is 12.7. The largest absolute Gasteiger partial charge is 0.381 e. The molecule has 2 aliphatic heterocycles. The average molecular weight is 341 g/mol. The van der Waals surface area contributed by atoms with E-state index >= 15 is 0 Å². The third kappa shape index (κ3) is 3.37. The molecule has 2 amide bonds. The molecular formula is C18H23N5O2. The predicted molar refractivity (Wildman–Crippen MR) is 92.0 cm³/mol. The first-order valence-electron chi connectivity index (χ1n) is 8.82. The highest BCUT2D eigenvalue weighted by atomic mass is 16.5. The van der Waals surface area contributed by atoms with Crippen LogP contribution in [0.15, 0.2) is 43.0 Å². The predicted octanol–water partition coefficient (Wildman–Crippen LogP) is 1.49. The Hall–Kier alpha value is -2.41. The number of likely N-dealkylation sites (tertiary alicyclic amines) is 1. The molecule has 25 heavy (non-hydrogen) atoms. The van der Waals surface area contributed by atoms with Crippen molar-refractivity contribution in [1.29, 1.82) is 0 Å². The Morgan fingerprint density at radius 1 is 1.32 bits per heavy atom. The maximum Gasteiger partial charge on any atom is 0.317 e. The number of nitrogens with one attached hydrogen (secondary N) is 1.